The second kappa shape index (κ2) is 10.2. The summed E-state index contributed by atoms with van der Waals surface area (Å²) in [6.07, 6.45) is -0.993. The highest BCUT2D eigenvalue weighted by atomic mass is 19.4. The first-order valence-corrected chi connectivity index (χ1v) is 9.97. The van der Waals surface area contributed by atoms with E-state index in [2.05, 4.69) is 20.6 Å². The Kier molecular flexibility index (Phi) is 7.41. The van der Waals surface area contributed by atoms with E-state index in [1.54, 1.807) is 19.2 Å². The molecule has 0 spiro atoms. The second-order valence-electron chi connectivity index (χ2n) is 7.22. The van der Waals surface area contributed by atoms with E-state index in [0.29, 0.717) is 36.9 Å². The van der Waals surface area contributed by atoms with Crippen molar-refractivity contribution in [1.82, 2.24) is 19.9 Å². The fourth-order valence-electron chi connectivity index (χ4n) is 3.02. The number of pyridine rings is 1. The number of alkyl halides is 3. The molecular formula is C22H21F4N5O2. The van der Waals surface area contributed by atoms with Gasteiger partial charge in [0, 0.05) is 48.9 Å². The molecule has 11 heteroatoms. The van der Waals surface area contributed by atoms with Crippen LogP contribution < -0.4 is 16.2 Å². The van der Waals surface area contributed by atoms with Gasteiger partial charge < -0.3 is 10.6 Å². The fourth-order valence-corrected chi connectivity index (χ4v) is 3.02. The van der Waals surface area contributed by atoms with E-state index in [4.69, 9.17) is 0 Å². The molecule has 2 N–H and O–H groups in total. The van der Waals surface area contributed by atoms with Gasteiger partial charge in [0.2, 0.25) is 5.91 Å². The second-order valence-corrected chi connectivity index (χ2v) is 7.22. The van der Waals surface area contributed by atoms with Gasteiger partial charge in [0.15, 0.2) is 5.82 Å². The molecule has 0 aliphatic rings. The van der Waals surface area contributed by atoms with Gasteiger partial charge in [0.1, 0.15) is 12.4 Å². The maximum Gasteiger partial charge on any atom is 0.416 e. The fraction of sp³-hybridized carbons (Fsp3) is 0.273. The normalized spacial score (nSPS) is 11.3. The van der Waals surface area contributed by atoms with Crippen molar-refractivity contribution in [2.24, 2.45) is 0 Å². The molecule has 33 heavy (non-hydrogen) atoms. The highest BCUT2D eigenvalue weighted by molar-refractivity contribution is 5.75. The molecule has 0 aliphatic carbocycles. The molecular weight excluding hydrogens is 442 g/mol. The van der Waals surface area contributed by atoms with Crippen LogP contribution in [-0.4, -0.2) is 27.0 Å². The molecule has 3 rings (SSSR count). The Hall–Kier alpha value is -3.76. The van der Waals surface area contributed by atoms with Crippen LogP contribution in [0.1, 0.15) is 22.5 Å². The van der Waals surface area contributed by atoms with E-state index in [1.807, 2.05) is 12.1 Å². The quantitative estimate of drug-likeness (QED) is 0.502. The van der Waals surface area contributed by atoms with Gasteiger partial charge in [0.25, 0.3) is 5.56 Å². The number of rotatable bonds is 8. The number of hydrogen-bond acceptors (Lipinski definition) is 5. The number of aromatic nitrogens is 3. The van der Waals surface area contributed by atoms with Crippen LogP contribution in [0.25, 0.3) is 0 Å². The van der Waals surface area contributed by atoms with Crippen molar-refractivity contribution in [2.75, 3.05) is 11.9 Å². The van der Waals surface area contributed by atoms with Crippen LogP contribution in [0.4, 0.5) is 23.4 Å². The van der Waals surface area contributed by atoms with Crippen LogP contribution in [0.3, 0.4) is 0 Å². The van der Waals surface area contributed by atoms with Crippen LogP contribution >= 0.6 is 0 Å². The van der Waals surface area contributed by atoms with Gasteiger partial charge in [-0.15, -0.1) is 0 Å². The molecule has 3 aromatic rings. The van der Waals surface area contributed by atoms with Crippen LogP contribution in [-0.2, 0) is 30.5 Å². The third-order valence-electron chi connectivity index (χ3n) is 4.80. The highest BCUT2D eigenvalue weighted by Crippen LogP contribution is 2.30. The topological polar surface area (TPSA) is 88.9 Å². The predicted molar refractivity (Wildman–Crippen MR) is 113 cm³/mol. The van der Waals surface area contributed by atoms with Gasteiger partial charge in [0.05, 0.1) is 5.56 Å². The Morgan fingerprint density at radius 1 is 1.15 bits per heavy atom. The van der Waals surface area contributed by atoms with Gasteiger partial charge in [-0.2, -0.15) is 13.2 Å². The highest BCUT2D eigenvalue weighted by Gasteiger charge is 2.31. The lowest BCUT2D eigenvalue weighted by Gasteiger charge is -2.13. The Labute approximate surface area is 186 Å². The summed E-state index contributed by atoms with van der Waals surface area (Å²) in [5.41, 5.74) is -0.615. The lowest BCUT2D eigenvalue weighted by molar-refractivity contribution is -0.137. The first kappa shape index (κ1) is 23.9. The van der Waals surface area contributed by atoms with Crippen LogP contribution in [0.5, 0.6) is 0 Å². The number of halogens is 4. The van der Waals surface area contributed by atoms with E-state index < -0.39 is 42.1 Å². The van der Waals surface area contributed by atoms with Crippen LogP contribution in [0.15, 0.2) is 53.6 Å². The summed E-state index contributed by atoms with van der Waals surface area (Å²) in [4.78, 5) is 33.3. The van der Waals surface area contributed by atoms with Crippen molar-refractivity contribution in [3.05, 3.63) is 87.5 Å². The van der Waals surface area contributed by atoms with Crippen molar-refractivity contribution in [1.29, 1.82) is 0 Å². The molecule has 2 heterocycles. The van der Waals surface area contributed by atoms with Crippen molar-refractivity contribution in [3.63, 3.8) is 0 Å². The minimum Gasteiger partial charge on any atom is -0.365 e. The number of nitrogens with zero attached hydrogens (tertiary/aromatic N) is 3. The van der Waals surface area contributed by atoms with E-state index >= 15 is 0 Å². The summed E-state index contributed by atoms with van der Waals surface area (Å²) in [7, 11) is 0. The standard InChI is InChI=1S/C22H21F4N5O2/c1-14-11-30-20(28-9-7-17-4-2-3-8-27-17)21(33)31(14)13-19(32)29-12-15-10-16(22(24,25)26)5-6-18(15)23/h2-6,8,10-11H,7,9,12-13H2,1H3,(H,28,30)(H,29,32). The Morgan fingerprint density at radius 2 is 1.94 bits per heavy atom. The van der Waals surface area contributed by atoms with Crippen molar-refractivity contribution >= 4 is 11.7 Å². The average Bonchev–Trinajstić information content (AvgIpc) is 2.77. The number of aryl methyl sites for hydroxylation is 1. The summed E-state index contributed by atoms with van der Waals surface area (Å²) in [6, 6.07) is 7.46. The van der Waals surface area contributed by atoms with Crippen LogP contribution in [0, 0.1) is 12.7 Å². The molecule has 0 atom stereocenters. The number of benzene rings is 1. The smallest absolute Gasteiger partial charge is 0.365 e. The molecule has 1 aromatic carbocycles. The van der Waals surface area contributed by atoms with E-state index in [0.717, 1.165) is 5.69 Å². The summed E-state index contributed by atoms with van der Waals surface area (Å²) >= 11 is 0. The molecule has 0 bridgehead atoms. The Balaban J connectivity index is 1.64. The van der Waals surface area contributed by atoms with E-state index in [-0.39, 0.29) is 11.4 Å². The maximum atomic E-state index is 13.9. The summed E-state index contributed by atoms with van der Waals surface area (Å²) in [5, 5.41) is 5.27. The molecule has 7 nitrogen and oxygen atoms in total. The SMILES string of the molecule is Cc1cnc(NCCc2ccccn2)c(=O)n1CC(=O)NCc1cc(C(F)(F)F)ccc1F. The number of nitrogens with one attached hydrogen (secondary N) is 2. The van der Waals surface area contributed by atoms with Gasteiger partial charge >= 0.3 is 6.18 Å². The Morgan fingerprint density at radius 3 is 2.64 bits per heavy atom. The summed E-state index contributed by atoms with van der Waals surface area (Å²) < 4.78 is 53.5. The number of anilines is 1. The zero-order valence-electron chi connectivity index (χ0n) is 17.6. The van der Waals surface area contributed by atoms with Crippen LogP contribution in [0.2, 0.25) is 0 Å². The maximum absolute atomic E-state index is 13.9. The third-order valence-corrected chi connectivity index (χ3v) is 4.80. The Bertz CT molecular complexity index is 1180. The number of carbonyl (C=O) groups is 1. The average molecular weight is 463 g/mol. The monoisotopic (exact) mass is 463 g/mol. The predicted octanol–water partition coefficient (Wildman–Crippen LogP) is 3.08. The van der Waals surface area contributed by atoms with E-state index in [9.17, 15) is 27.2 Å². The lowest BCUT2D eigenvalue weighted by atomic mass is 10.1. The summed E-state index contributed by atoms with van der Waals surface area (Å²) in [5.74, 6) is -1.49. The molecule has 2 aromatic heterocycles. The zero-order chi connectivity index (χ0) is 24.0. The zero-order valence-corrected chi connectivity index (χ0v) is 17.6. The molecule has 1 amide bonds. The van der Waals surface area contributed by atoms with Crippen molar-refractivity contribution in [2.45, 2.75) is 32.6 Å². The lowest BCUT2D eigenvalue weighted by Crippen LogP contribution is -2.34. The summed E-state index contributed by atoms with van der Waals surface area (Å²) in [6.45, 7) is 1.13. The molecule has 0 saturated carbocycles. The van der Waals surface area contributed by atoms with Gasteiger partial charge in [-0.05, 0) is 37.3 Å². The molecule has 0 unspecified atom stereocenters. The number of hydrogen-bond donors (Lipinski definition) is 2. The molecule has 0 radical (unpaired) electrons. The minimum absolute atomic E-state index is 0.0493. The van der Waals surface area contributed by atoms with Gasteiger partial charge in [-0.25, -0.2) is 9.37 Å². The number of amides is 1. The van der Waals surface area contributed by atoms with Crippen molar-refractivity contribution in [3.8, 4) is 0 Å². The van der Waals surface area contributed by atoms with Gasteiger partial charge in [-0.3, -0.25) is 19.1 Å². The van der Waals surface area contributed by atoms with E-state index in [1.165, 1.54) is 10.8 Å². The molecule has 174 valence electrons. The van der Waals surface area contributed by atoms with Gasteiger partial charge in [-0.1, -0.05) is 6.07 Å². The molecule has 0 fully saturated rings. The first-order valence-electron chi connectivity index (χ1n) is 9.97. The largest absolute Gasteiger partial charge is 0.416 e. The first-order chi connectivity index (χ1) is 15.6. The molecule has 0 saturated heterocycles. The molecule has 0 aliphatic heterocycles. The minimum atomic E-state index is -4.63. The van der Waals surface area contributed by atoms with Crippen molar-refractivity contribution < 1.29 is 22.4 Å². The number of carbonyl (C=O) groups excluding carboxylic acids is 1. The third kappa shape index (κ3) is 6.37.